The van der Waals surface area contributed by atoms with Crippen molar-refractivity contribution in [1.82, 2.24) is 14.9 Å². The maximum absolute atomic E-state index is 11.9. The van der Waals surface area contributed by atoms with Gasteiger partial charge in [-0.25, -0.2) is 4.98 Å². The normalized spacial score (nSPS) is 10.7. The van der Waals surface area contributed by atoms with Crippen LogP contribution in [0.4, 0.5) is 0 Å². The first-order chi connectivity index (χ1) is 11.2. The molecule has 1 heterocycles. The molecule has 2 rings (SSSR count). The van der Waals surface area contributed by atoms with Crippen molar-refractivity contribution < 1.29 is 4.79 Å². The van der Waals surface area contributed by atoms with Crippen LogP contribution < -0.4 is 5.32 Å². The molecule has 2 aromatic rings. The van der Waals surface area contributed by atoms with Crippen LogP contribution in [0.15, 0.2) is 41.8 Å². The quantitative estimate of drug-likeness (QED) is 0.559. The van der Waals surface area contributed by atoms with E-state index < -0.39 is 0 Å². The number of aryl methyl sites for hydroxylation is 1. The fraction of sp³-hybridized carbons (Fsp3) is 0.444. The first-order valence-corrected chi connectivity index (χ1v) is 9.19. The largest absolute Gasteiger partial charge is 0.355 e. The first kappa shape index (κ1) is 17.6. The molecule has 0 aliphatic rings. The number of hydrogen-bond donors (Lipinski definition) is 1. The van der Waals surface area contributed by atoms with E-state index in [2.05, 4.69) is 36.3 Å². The van der Waals surface area contributed by atoms with Crippen LogP contribution in [0.1, 0.15) is 38.2 Å². The lowest BCUT2D eigenvalue weighted by Gasteiger charge is -2.10. The number of rotatable bonds is 9. The predicted molar refractivity (Wildman–Crippen MR) is 96.2 cm³/mol. The molecule has 23 heavy (non-hydrogen) atoms. The lowest BCUT2D eigenvalue weighted by Crippen LogP contribution is -2.26. The van der Waals surface area contributed by atoms with E-state index in [-0.39, 0.29) is 5.91 Å². The zero-order valence-electron chi connectivity index (χ0n) is 13.9. The first-order valence-electron chi connectivity index (χ1n) is 8.21. The van der Waals surface area contributed by atoms with Crippen LogP contribution in [-0.4, -0.2) is 27.8 Å². The van der Waals surface area contributed by atoms with Gasteiger partial charge >= 0.3 is 0 Å². The van der Waals surface area contributed by atoms with Gasteiger partial charge in [-0.05, 0) is 25.0 Å². The predicted octanol–water partition coefficient (Wildman–Crippen LogP) is 3.97. The van der Waals surface area contributed by atoms with Gasteiger partial charge in [-0.2, -0.15) is 0 Å². The Bertz CT molecular complexity index is 624. The van der Waals surface area contributed by atoms with E-state index in [1.54, 1.807) is 6.20 Å². The minimum Gasteiger partial charge on any atom is -0.355 e. The summed E-state index contributed by atoms with van der Waals surface area (Å²) in [7, 11) is 0. The number of para-hydroxylation sites is 1. The third-order valence-corrected chi connectivity index (χ3v) is 4.63. The van der Waals surface area contributed by atoms with Crippen molar-refractivity contribution in [2.75, 3.05) is 12.3 Å². The molecule has 0 spiro atoms. The number of hydrogen-bond acceptors (Lipinski definition) is 3. The highest BCUT2D eigenvalue weighted by atomic mass is 32.2. The molecular formula is C18H25N3OS. The Hall–Kier alpha value is -1.75. The smallest absolute Gasteiger partial charge is 0.230 e. The molecule has 1 aromatic heterocycles. The second kappa shape index (κ2) is 9.40. The minimum absolute atomic E-state index is 0.0748. The average Bonchev–Trinajstić information content (AvgIpc) is 3.01. The molecule has 0 aliphatic carbocycles. The molecular weight excluding hydrogens is 306 g/mol. The van der Waals surface area contributed by atoms with Crippen LogP contribution in [0.2, 0.25) is 0 Å². The SMILES string of the molecule is CCCCCCNC(=O)CSc1nccn1-c1ccccc1C. The number of carbonyl (C=O) groups excluding carboxylic acids is 1. The van der Waals surface area contributed by atoms with Crippen LogP contribution >= 0.6 is 11.8 Å². The van der Waals surface area contributed by atoms with Gasteiger partial charge in [0.25, 0.3) is 0 Å². The molecule has 0 aliphatic heterocycles. The summed E-state index contributed by atoms with van der Waals surface area (Å²) < 4.78 is 2.04. The van der Waals surface area contributed by atoms with Crippen molar-refractivity contribution in [2.45, 2.75) is 44.7 Å². The van der Waals surface area contributed by atoms with Crippen molar-refractivity contribution in [2.24, 2.45) is 0 Å². The summed E-state index contributed by atoms with van der Waals surface area (Å²) in [6.07, 6.45) is 8.40. The number of amides is 1. The van der Waals surface area contributed by atoms with Crippen molar-refractivity contribution in [3.63, 3.8) is 0 Å². The molecule has 124 valence electrons. The number of thioether (sulfide) groups is 1. The summed E-state index contributed by atoms with van der Waals surface area (Å²) in [5.74, 6) is 0.474. The fourth-order valence-corrected chi connectivity index (χ4v) is 3.17. The maximum atomic E-state index is 11.9. The van der Waals surface area contributed by atoms with Gasteiger partial charge in [-0.1, -0.05) is 56.1 Å². The van der Waals surface area contributed by atoms with Gasteiger partial charge in [-0.15, -0.1) is 0 Å². The zero-order chi connectivity index (χ0) is 16.5. The van der Waals surface area contributed by atoms with E-state index >= 15 is 0 Å². The maximum Gasteiger partial charge on any atom is 0.230 e. The third kappa shape index (κ3) is 5.43. The molecule has 0 unspecified atom stereocenters. The van der Waals surface area contributed by atoms with Gasteiger partial charge in [0.2, 0.25) is 5.91 Å². The summed E-state index contributed by atoms with van der Waals surface area (Å²) in [6.45, 7) is 5.03. The molecule has 1 N–H and O–H groups in total. The molecule has 0 saturated heterocycles. The van der Waals surface area contributed by atoms with E-state index in [1.165, 1.54) is 36.6 Å². The highest BCUT2D eigenvalue weighted by Gasteiger charge is 2.10. The monoisotopic (exact) mass is 331 g/mol. The lowest BCUT2D eigenvalue weighted by atomic mass is 10.2. The molecule has 4 nitrogen and oxygen atoms in total. The number of carbonyl (C=O) groups is 1. The Balaban J connectivity index is 1.84. The number of nitrogens with one attached hydrogen (secondary N) is 1. The van der Waals surface area contributed by atoms with E-state index in [1.807, 2.05) is 22.9 Å². The molecule has 1 amide bonds. The van der Waals surface area contributed by atoms with Crippen LogP contribution in [0.3, 0.4) is 0 Å². The minimum atomic E-state index is 0.0748. The Morgan fingerprint density at radius 3 is 2.87 bits per heavy atom. The number of imidazole rings is 1. The van der Waals surface area contributed by atoms with Crippen LogP contribution in [0.25, 0.3) is 5.69 Å². The van der Waals surface area contributed by atoms with Gasteiger partial charge in [-0.3, -0.25) is 9.36 Å². The van der Waals surface area contributed by atoms with Crippen molar-refractivity contribution in [3.8, 4) is 5.69 Å². The van der Waals surface area contributed by atoms with Crippen LogP contribution in [-0.2, 0) is 4.79 Å². The zero-order valence-corrected chi connectivity index (χ0v) is 14.7. The molecule has 0 bridgehead atoms. The average molecular weight is 331 g/mol. The lowest BCUT2D eigenvalue weighted by molar-refractivity contribution is -0.118. The van der Waals surface area contributed by atoms with Gasteiger partial charge in [0, 0.05) is 18.9 Å². The summed E-state index contributed by atoms with van der Waals surface area (Å²) >= 11 is 1.47. The highest BCUT2D eigenvalue weighted by Crippen LogP contribution is 2.22. The second-order valence-corrected chi connectivity index (χ2v) is 6.51. The van der Waals surface area contributed by atoms with Gasteiger partial charge < -0.3 is 5.32 Å². The highest BCUT2D eigenvalue weighted by molar-refractivity contribution is 7.99. The summed E-state index contributed by atoms with van der Waals surface area (Å²) in [5.41, 5.74) is 2.29. The van der Waals surface area contributed by atoms with Gasteiger partial charge in [0.1, 0.15) is 0 Å². The number of nitrogens with zero attached hydrogens (tertiary/aromatic N) is 2. The van der Waals surface area contributed by atoms with Crippen LogP contribution in [0.5, 0.6) is 0 Å². The topological polar surface area (TPSA) is 46.9 Å². The van der Waals surface area contributed by atoms with Gasteiger partial charge in [0.15, 0.2) is 5.16 Å². The summed E-state index contributed by atoms with van der Waals surface area (Å²) in [5, 5.41) is 3.83. The van der Waals surface area contributed by atoms with Crippen molar-refractivity contribution in [1.29, 1.82) is 0 Å². The number of unbranched alkanes of at least 4 members (excludes halogenated alkanes) is 3. The standard InChI is InChI=1S/C18H25N3OS/c1-3-4-5-8-11-19-17(22)14-23-18-20-12-13-21(18)16-10-7-6-9-15(16)2/h6-7,9-10,12-13H,3-5,8,11,14H2,1-2H3,(H,19,22). The summed E-state index contributed by atoms with van der Waals surface area (Å²) in [4.78, 5) is 16.3. The van der Waals surface area contributed by atoms with E-state index in [0.717, 1.165) is 23.8 Å². The molecule has 0 radical (unpaired) electrons. The fourth-order valence-electron chi connectivity index (χ4n) is 2.37. The molecule has 0 fully saturated rings. The van der Waals surface area contributed by atoms with E-state index in [4.69, 9.17) is 0 Å². The van der Waals surface area contributed by atoms with E-state index in [0.29, 0.717) is 5.75 Å². The Morgan fingerprint density at radius 2 is 2.09 bits per heavy atom. The third-order valence-electron chi connectivity index (χ3n) is 3.67. The van der Waals surface area contributed by atoms with Crippen molar-refractivity contribution in [3.05, 3.63) is 42.2 Å². The molecule has 1 aromatic carbocycles. The Kier molecular flexibility index (Phi) is 7.20. The molecule has 0 saturated carbocycles. The summed E-state index contributed by atoms with van der Waals surface area (Å²) in [6, 6.07) is 8.18. The second-order valence-electron chi connectivity index (χ2n) is 5.57. The van der Waals surface area contributed by atoms with Crippen molar-refractivity contribution >= 4 is 17.7 Å². The van der Waals surface area contributed by atoms with Crippen LogP contribution in [0, 0.1) is 6.92 Å². The van der Waals surface area contributed by atoms with E-state index in [9.17, 15) is 4.79 Å². The Labute approximate surface area is 142 Å². The van der Waals surface area contributed by atoms with Gasteiger partial charge in [0.05, 0.1) is 11.4 Å². The molecule has 0 atom stereocenters. The Morgan fingerprint density at radius 1 is 1.26 bits per heavy atom. The number of aromatic nitrogens is 2. The number of benzene rings is 1. The molecule has 5 heteroatoms.